The minimum Gasteiger partial charge on any atom is -0.496 e. The van der Waals surface area contributed by atoms with Crippen LogP contribution in [-0.2, 0) is 11.2 Å². The number of rotatable bonds is 5. The summed E-state index contributed by atoms with van der Waals surface area (Å²) >= 11 is 0. The molecule has 2 unspecified atom stereocenters. The fraction of sp³-hybridized carbons (Fsp3) is 0.688. The molecule has 1 aliphatic rings. The van der Waals surface area contributed by atoms with Crippen LogP contribution in [0.5, 0.6) is 5.75 Å². The second-order valence-corrected chi connectivity index (χ2v) is 5.88. The fourth-order valence-corrected chi connectivity index (χ4v) is 3.28. The van der Waals surface area contributed by atoms with Crippen LogP contribution >= 0.6 is 0 Å². The zero-order chi connectivity index (χ0) is 14.8. The van der Waals surface area contributed by atoms with Gasteiger partial charge in [-0.05, 0) is 40.7 Å². The van der Waals surface area contributed by atoms with Gasteiger partial charge in [0.05, 0.1) is 13.2 Å². The molecule has 2 atom stereocenters. The Labute approximate surface area is 121 Å². The number of pyridine rings is 1. The molecule has 1 aliphatic heterocycles. The second kappa shape index (κ2) is 6.10. The van der Waals surface area contributed by atoms with Gasteiger partial charge in [0.15, 0.2) is 0 Å². The van der Waals surface area contributed by atoms with Gasteiger partial charge in [-0.25, -0.2) is 0 Å². The summed E-state index contributed by atoms with van der Waals surface area (Å²) in [6, 6.07) is 0. The van der Waals surface area contributed by atoms with Gasteiger partial charge in [0.2, 0.25) is 0 Å². The average molecular weight is 278 g/mol. The Morgan fingerprint density at radius 3 is 2.80 bits per heavy atom. The molecule has 112 valence electrons. The van der Waals surface area contributed by atoms with E-state index in [0.29, 0.717) is 0 Å². The zero-order valence-corrected chi connectivity index (χ0v) is 13.2. The lowest BCUT2D eigenvalue weighted by molar-refractivity contribution is 0.0634. The van der Waals surface area contributed by atoms with Crippen molar-refractivity contribution in [2.75, 3.05) is 27.3 Å². The Kier molecular flexibility index (Phi) is 4.66. The maximum Gasteiger partial charge on any atom is 0.128 e. The number of hydrogen-bond acceptors (Lipinski definition) is 4. The van der Waals surface area contributed by atoms with Gasteiger partial charge in [0.25, 0.3) is 0 Å². The van der Waals surface area contributed by atoms with Crippen molar-refractivity contribution in [3.8, 4) is 5.75 Å². The highest BCUT2D eigenvalue weighted by atomic mass is 16.5. The van der Waals surface area contributed by atoms with E-state index in [2.05, 4.69) is 24.1 Å². The molecule has 0 amide bonds. The molecule has 0 saturated carbocycles. The van der Waals surface area contributed by atoms with Crippen molar-refractivity contribution < 1.29 is 9.47 Å². The molecule has 4 heteroatoms. The number of aryl methyl sites for hydroxylation is 1. The topological polar surface area (TPSA) is 43.4 Å². The number of aromatic nitrogens is 1. The molecule has 0 aromatic carbocycles. The van der Waals surface area contributed by atoms with Gasteiger partial charge >= 0.3 is 0 Å². The van der Waals surface area contributed by atoms with Crippen LogP contribution in [0.15, 0.2) is 6.20 Å². The molecule has 2 rings (SSSR count). The first-order valence-corrected chi connectivity index (χ1v) is 7.29. The zero-order valence-electron chi connectivity index (χ0n) is 13.2. The molecule has 1 aromatic rings. The predicted molar refractivity (Wildman–Crippen MR) is 80.4 cm³/mol. The third-order valence-electron chi connectivity index (χ3n) is 4.63. The maximum absolute atomic E-state index is 5.81. The van der Waals surface area contributed by atoms with Crippen LogP contribution in [0.25, 0.3) is 0 Å². The third kappa shape index (κ3) is 2.67. The van der Waals surface area contributed by atoms with Crippen molar-refractivity contribution in [2.45, 2.75) is 39.7 Å². The highest BCUT2D eigenvalue weighted by molar-refractivity contribution is 5.41. The smallest absolute Gasteiger partial charge is 0.128 e. The van der Waals surface area contributed by atoms with Gasteiger partial charge < -0.3 is 14.8 Å². The van der Waals surface area contributed by atoms with Gasteiger partial charge in [-0.2, -0.15) is 0 Å². The first-order chi connectivity index (χ1) is 9.54. The summed E-state index contributed by atoms with van der Waals surface area (Å²) in [7, 11) is 3.73. The molecule has 4 nitrogen and oxygen atoms in total. The summed E-state index contributed by atoms with van der Waals surface area (Å²) in [4.78, 5) is 4.65. The molecule has 1 saturated heterocycles. The number of nitrogens with zero attached hydrogens (tertiary/aromatic N) is 1. The molecule has 1 N–H and O–H groups in total. The monoisotopic (exact) mass is 278 g/mol. The van der Waals surface area contributed by atoms with Crippen LogP contribution in [0.2, 0.25) is 0 Å². The van der Waals surface area contributed by atoms with Gasteiger partial charge in [-0.3, -0.25) is 4.98 Å². The second-order valence-electron chi connectivity index (χ2n) is 5.88. The van der Waals surface area contributed by atoms with E-state index >= 15 is 0 Å². The van der Waals surface area contributed by atoms with Gasteiger partial charge in [-0.15, -0.1) is 0 Å². The highest BCUT2D eigenvalue weighted by Gasteiger charge is 2.41. The molecular weight excluding hydrogens is 252 g/mol. The van der Waals surface area contributed by atoms with Crippen LogP contribution in [0.3, 0.4) is 0 Å². The van der Waals surface area contributed by atoms with Crippen LogP contribution in [0.1, 0.15) is 30.2 Å². The lowest BCUT2D eigenvalue weighted by atomic mass is 9.76. The van der Waals surface area contributed by atoms with Gasteiger partial charge in [-0.1, -0.05) is 0 Å². The highest BCUT2D eigenvalue weighted by Crippen LogP contribution is 2.39. The lowest BCUT2D eigenvalue weighted by Gasteiger charge is -2.32. The first kappa shape index (κ1) is 15.3. The summed E-state index contributed by atoms with van der Waals surface area (Å²) in [5, 5.41) is 3.32. The van der Waals surface area contributed by atoms with Crippen LogP contribution in [0, 0.1) is 19.3 Å². The number of nitrogens with one attached hydrogen (secondary N) is 1. The van der Waals surface area contributed by atoms with Crippen molar-refractivity contribution in [2.24, 2.45) is 5.41 Å². The maximum atomic E-state index is 5.81. The Morgan fingerprint density at radius 1 is 1.50 bits per heavy atom. The average Bonchev–Trinajstić information content (AvgIpc) is 2.76. The molecule has 20 heavy (non-hydrogen) atoms. The molecule has 1 fully saturated rings. The molecule has 2 heterocycles. The molecule has 0 radical (unpaired) electrons. The van der Waals surface area contributed by atoms with Gasteiger partial charge in [0.1, 0.15) is 5.75 Å². The normalized spacial score (nSPS) is 25.9. The van der Waals surface area contributed by atoms with E-state index in [9.17, 15) is 0 Å². The van der Waals surface area contributed by atoms with Crippen LogP contribution in [0.4, 0.5) is 0 Å². The Bertz CT molecular complexity index is 476. The number of ether oxygens (including phenoxy) is 2. The van der Waals surface area contributed by atoms with E-state index in [1.807, 2.05) is 20.2 Å². The summed E-state index contributed by atoms with van der Waals surface area (Å²) in [6.07, 6.45) is 4.17. The third-order valence-corrected chi connectivity index (χ3v) is 4.63. The van der Waals surface area contributed by atoms with E-state index in [4.69, 9.17) is 9.47 Å². The summed E-state index contributed by atoms with van der Waals surface area (Å²) < 4.78 is 11.3. The quantitative estimate of drug-likeness (QED) is 0.897. The Balaban J connectivity index is 2.32. The van der Waals surface area contributed by atoms with Crippen LogP contribution < -0.4 is 10.1 Å². The number of methoxy groups -OCH3 is 1. The summed E-state index contributed by atoms with van der Waals surface area (Å²) in [5.41, 5.74) is 3.50. The van der Waals surface area contributed by atoms with E-state index in [1.54, 1.807) is 7.11 Å². The van der Waals surface area contributed by atoms with E-state index in [0.717, 1.165) is 48.6 Å². The molecule has 0 bridgehead atoms. The molecule has 0 aliphatic carbocycles. The lowest BCUT2D eigenvalue weighted by Crippen LogP contribution is -2.40. The summed E-state index contributed by atoms with van der Waals surface area (Å²) in [5.74, 6) is 0.959. The minimum absolute atomic E-state index is 0.132. The fourth-order valence-electron chi connectivity index (χ4n) is 3.28. The SMILES string of the molecule is CNCC1(Cc2ncc(C)c(OC)c2C)CCOC1C. The molecular formula is C16H26N2O2. The summed E-state index contributed by atoms with van der Waals surface area (Å²) in [6.45, 7) is 8.09. The largest absolute Gasteiger partial charge is 0.496 e. The Morgan fingerprint density at radius 2 is 2.25 bits per heavy atom. The van der Waals surface area contributed by atoms with E-state index < -0.39 is 0 Å². The first-order valence-electron chi connectivity index (χ1n) is 7.29. The van der Waals surface area contributed by atoms with Crippen molar-refractivity contribution in [1.82, 2.24) is 10.3 Å². The van der Waals surface area contributed by atoms with Crippen LogP contribution in [-0.4, -0.2) is 38.4 Å². The molecule has 1 aromatic heterocycles. The minimum atomic E-state index is 0.132. The van der Waals surface area contributed by atoms with Crippen molar-refractivity contribution in [3.05, 3.63) is 23.0 Å². The van der Waals surface area contributed by atoms with Crippen molar-refractivity contribution in [3.63, 3.8) is 0 Å². The van der Waals surface area contributed by atoms with E-state index in [-0.39, 0.29) is 11.5 Å². The van der Waals surface area contributed by atoms with Gasteiger partial charge in [0, 0.05) is 41.6 Å². The standard InChI is InChI=1S/C16H26N2O2/c1-11-9-18-14(12(2)15(11)19-5)8-16(10-17-4)6-7-20-13(16)3/h9,13,17H,6-8,10H2,1-5H3. The van der Waals surface area contributed by atoms with Crippen molar-refractivity contribution in [1.29, 1.82) is 0 Å². The molecule has 0 spiro atoms. The predicted octanol–water partition coefficient (Wildman–Crippen LogP) is 2.26. The van der Waals surface area contributed by atoms with E-state index in [1.165, 1.54) is 0 Å². The Hall–Kier alpha value is -1.13. The van der Waals surface area contributed by atoms with Crippen molar-refractivity contribution >= 4 is 0 Å². The number of hydrogen-bond donors (Lipinski definition) is 1.